The van der Waals surface area contributed by atoms with Gasteiger partial charge in [-0.05, 0) is 31.4 Å². The lowest BCUT2D eigenvalue weighted by Gasteiger charge is -2.35. The second kappa shape index (κ2) is 8.12. The molecule has 1 aromatic heterocycles. The highest BCUT2D eigenvalue weighted by atomic mass is 32.2. The molecule has 1 aliphatic carbocycles. The molecule has 0 unspecified atom stereocenters. The van der Waals surface area contributed by atoms with Gasteiger partial charge in [0.2, 0.25) is 15.5 Å². The van der Waals surface area contributed by atoms with Crippen molar-refractivity contribution in [1.82, 2.24) is 8.87 Å². The minimum atomic E-state index is -3.31. The summed E-state index contributed by atoms with van der Waals surface area (Å²) in [4.78, 5) is 25.4. The van der Waals surface area contributed by atoms with Gasteiger partial charge in [-0.3, -0.25) is 4.79 Å². The predicted molar refractivity (Wildman–Crippen MR) is 113 cm³/mol. The van der Waals surface area contributed by atoms with E-state index < -0.39 is 27.4 Å². The SMILES string of the molecule is CCCS(=O)(=O)N1CCN(c2cc3c(cc2F)c(=O)c(OC(=O)O)cn3C2CC2)CC1. The lowest BCUT2D eigenvalue weighted by Crippen LogP contribution is -2.49. The minimum Gasteiger partial charge on any atom is -0.449 e. The maximum atomic E-state index is 15.0. The van der Waals surface area contributed by atoms with Crippen LogP contribution in [0.15, 0.2) is 23.1 Å². The number of halogens is 1. The summed E-state index contributed by atoms with van der Waals surface area (Å²) in [6.45, 7) is 3.00. The third-order valence-corrected chi connectivity index (χ3v) is 7.72. The number of rotatable bonds is 6. The van der Waals surface area contributed by atoms with Gasteiger partial charge in [-0.1, -0.05) is 6.92 Å². The summed E-state index contributed by atoms with van der Waals surface area (Å²) in [5.74, 6) is -0.885. The summed E-state index contributed by atoms with van der Waals surface area (Å²) in [5, 5.41) is 8.94. The van der Waals surface area contributed by atoms with Crippen molar-refractivity contribution in [2.75, 3.05) is 36.8 Å². The Kier molecular flexibility index (Phi) is 5.65. The van der Waals surface area contributed by atoms with Crippen LogP contribution in [0.5, 0.6) is 5.75 Å². The van der Waals surface area contributed by atoms with E-state index in [4.69, 9.17) is 5.11 Å². The number of pyridine rings is 1. The summed E-state index contributed by atoms with van der Waals surface area (Å²) in [6.07, 6.45) is 2.03. The van der Waals surface area contributed by atoms with E-state index in [1.54, 1.807) is 15.5 Å². The van der Waals surface area contributed by atoms with Crippen molar-refractivity contribution in [1.29, 1.82) is 0 Å². The molecule has 9 nitrogen and oxygen atoms in total. The highest BCUT2D eigenvalue weighted by molar-refractivity contribution is 7.89. The molecular weight excluding hydrogens is 429 g/mol. The van der Waals surface area contributed by atoms with Gasteiger partial charge in [0.1, 0.15) is 5.82 Å². The van der Waals surface area contributed by atoms with Gasteiger partial charge in [0.05, 0.1) is 28.5 Å². The van der Waals surface area contributed by atoms with E-state index in [9.17, 15) is 22.4 Å². The molecule has 0 amide bonds. The first kappa shape index (κ1) is 21.6. The number of sulfonamides is 1. The average molecular weight is 453 g/mol. The number of ether oxygens (including phenoxy) is 1. The number of hydrogen-bond acceptors (Lipinski definition) is 6. The molecule has 1 saturated heterocycles. The molecule has 2 aliphatic rings. The van der Waals surface area contributed by atoms with Gasteiger partial charge in [-0.2, -0.15) is 4.31 Å². The van der Waals surface area contributed by atoms with Crippen molar-refractivity contribution >= 4 is 32.8 Å². The summed E-state index contributed by atoms with van der Waals surface area (Å²) < 4.78 is 47.4. The van der Waals surface area contributed by atoms with E-state index in [-0.39, 0.29) is 36.0 Å². The van der Waals surface area contributed by atoms with Crippen molar-refractivity contribution in [3.63, 3.8) is 0 Å². The van der Waals surface area contributed by atoms with E-state index >= 15 is 0 Å². The van der Waals surface area contributed by atoms with E-state index in [0.29, 0.717) is 30.7 Å². The summed E-state index contributed by atoms with van der Waals surface area (Å²) in [7, 11) is -3.31. The molecule has 31 heavy (non-hydrogen) atoms. The van der Waals surface area contributed by atoms with Crippen molar-refractivity contribution in [2.24, 2.45) is 0 Å². The van der Waals surface area contributed by atoms with Crippen molar-refractivity contribution < 1.29 is 27.4 Å². The van der Waals surface area contributed by atoms with Crippen LogP contribution in [0.2, 0.25) is 0 Å². The highest BCUT2D eigenvalue weighted by Crippen LogP contribution is 2.39. The van der Waals surface area contributed by atoms with E-state index in [0.717, 1.165) is 18.9 Å². The molecule has 2 aromatic rings. The molecule has 0 spiro atoms. The number of anilines is 1. The molecular formula is C20H24FN3O6S. The van der Waals surface area contributed by atoms with Crippen molar-refractivity contribution in [3.8, 4) is 5.75 Å². The van der Waals surface area contributed by atoms with Crippen LogP contribution in [-0.2, 0) is 10.0 Å². The predicted octanol–water partition coefficient (Wildman–Crippen LogP) is 2.39. The first-order valence-corrected chi connectivity index (χ1v) is 11.8. The molecule has 1 aromatic carbocycles. The molecule has 1 aliphatic heterocycles. The number of nitrogens with zero attached hydrogens (tertiary/aromatic N) is 3. The fraction of sp³-hybridized carbons (Fsp3) is 0.500. The number of fused-ring (bicyclic) bond motifs is 1. The Morgan fingerprint density at radius 1 is 1.23 bits per heavy atom. The third kappa shape index (κ3) is 4.24. The van der Waals surface area contributed by atoms with Gasteiger partial charge < -0.3 is 19.3 Å². The van der Waals surface area contributed by atoms with Gasteiger partial charge >= 0.3 is 6.16 Å². The zero-order valence-electron chi connectivity index (χ0n) is 17.1. The zero-order valence-corrected chi connectivity index (χ0v) is 17.9. The molecule has 4 rings (SSSR count). The van der Waals surface area contributed by atoms with Gasteiger partial charge in [0.25, 0.3) is 0 Å². The lowest BCUT2D eigenvalue weighted by atomic mass is 10.1. The van der Waals surface area contributed by atoms with Crippen LogP contribution < -0.4 is 15.1 Å². The van der Waals surface area contributed by atoms with Gasteiger partial charge in [-0.15, -0.1) is 0 Å². The Hall–Kier alpha value is -2.66. The topological polar surface area (TPSA) is 109 Å². The fourth-order valence-electron chi connectivity index (χ4n) is 3.99. The molecule has 0 radical (unpaired) electrons. The monoisotopic (exact) mass is 453 g/mol. The normalized spacial score (nSPS) is 17.8. The van der Waals surface area contributed by atoms with Crippen LogP contribution in [0.1, 0.15) is 32.2 Å². The standard InChI is InChI=1S/C20H24FN3O6S/c1-2-9-31(28,29)23-7-5-22(6-8-23)17-11-16-14(10-15(17)21)19(25)18(30-20(26)27)12-24(16)13-3-4-13/h10-13H,2-9H2,1H3,(H,26,27). The molecule has 1 N–H and O–H groups in total. The number of aromatic nitrogens is 1. The summed E-state index contributed by atoms with van der Waals surface area (Å²) in [5.41, 5.74) is 0.110. The maximum absolute atomic E-state index is 15.0. The van der Waals surface area contributed by atoms with Crippen LogP contribution in [0.3, 0.4) is 0 Å². The van der Waals surface area contributed by atoms with E-state index in [1.165, 1.54) is 10.5 Å². The molecule has 11 heteroatoms. The molecule has 2 fully saturated rings. The first-order valence-electron chi connectivity index (χ1n) is 10.2. The van der Waals surface area contributed by atoms with Crippen LogP contribution >= 0.6 is 0 Å². The zero-order chi connectivity index (χ0) is 22.3. The van der Waals surface area contributed by atoms with Crippen LogP contribution in [-0.4, -0.2) is 60.5 Å². The van der Waals surface area contributed by atoms with Gasteiger partial charge in [0, 0.05) is 32.2 Å². The number of hydrogen-bond donors (Lipinski definition) is 1. The maximum Gasteiger partial charge on any atom is 0.511 e. The number of benzene rings is 1. The van der Waals surface area contributed by atoms with Crippen LogP contribution in [0, 0.1) is 5.82 Å². The number of carboxylic acid groups (broad SMARTS) is 1. The van der Waals surface area contributed by atoms with E-state index in [2.05, 4.69) is 4.74 Å². The molecule has 168 valence electrons. The Morgan fingerprint density at radius 2 is 1.90 bits per heavy atom. The van der Waals surface area contributed by atoms with Crippen molar-refractivity contribution in [3.05, 3.63) is 34.4 Å². The Labute approximate surface area is 178 Å². The smallest absolute Gasteiger partial charge is 0.449 e. The lowest BCUT2D eigenvalue weighted by molar-refractivity contribution is 0.143. The van der Waals surface area contributed by atoms with Gasteiger partial charge in [0.15, 0.2) is 5.75 Å². The van der Waals surface area contributed by atoms with Crippen molar-refractivity contribution in [2.45, 2.75) is 32.2 Å². The molecule has 0 bridgehead atoms. The second-order valence-electron chi connectivity index (χ2n) is 7.85. The summed E-state index contributed by atoms with van der Waals surface area (Å²) >= 11 is 0. The Bertz CT molecular complexity index is 1180. The molecule has 2 heterocycles. The Balaban J connectivity index is 1.69. The highest BCUT2D eigenvalue weighted by Gasteiger charge is 2.30. The number of piperazine rings is 1. The third-order valence-electron chi connectivity index (χ3n) is 5.64. The average Bonchev–Trinajstić information content (AvgIpc) is 3.55. The molecule has 0 atom stereocenters. The molecule has 1 saturated carbocycles. The van der Waals surface area contributed by atoms with E-state index in [1.807, 2.05) is 6.92 Å². The Morgan fingerprint density at radius 3 is 2.48 bits per heavy atom. The first-order chi connectivity index (χ1) is 14.7. The minimum absolute atomic E-state index is 0.0519. The summed E-state index contributed by atoms with van der Waals surface area (Å²) in [6, 6.07) is 2.79. The number of carbonyl (C=O) groups is 1. The quantitative estimate of drug-likeness (QED) is 0.669. The van der Waals surface area contributed by atoms with Gasteiger partial charge in [-0.25, -0.2) is 17.6 Å². The second-order valence-corrected chi connectivity index (χ2v) is 9.94. The fourth-order valence-corrected chi connectivity index (χ4v) is 5.49. The van der Waals surface area contributed by atoms with Crippen LogP contribution in [0.25, 0.3) is 10.9 Å². The largest absolute Gasteiger partial charge is 0.511 e. The van der Waals surface area contributed by atoms with Crippen LogP contribution in [0.4, 0.5) is 14.9 Å².